The summed E-state index contributed by atoms with van der Waals surface area (Å²) in [6.07, 6.45) is 1.06. The van der Waals surface area contributed by atoms with Gasteiger partial charge >= 0.3 is 11.9 Å². The summed E-state index contributed by atoms with van der Waals surface area (Å²) < 4.78 is 25.3. The van der Waals surface area contributed by atoms with Gasteiger partial charge in [0.2, 0.25) is 0 Å². The second-order valence-corrected chi connectivity index (χ2v) is 9.20. The predicted octanol–water partition coefficient (Wildman–Crippen LogP) is 3.02. The number of carboxylic acid groups (broad SMARTS) is 1. The van der Waals surface area contributed by atoms with E-state index in [0.29, 0.717) is 29.7 Å². The average Bonchev–Trinajstić information content (AvgIpc) is 3.35. The van der Waals surface area contributed by atoms with Gasteiger partial charge in [-0.25, -0.2) is 14.2 Å². The van der Waals surface area contributed by atoms with Gasteiger partial charge in [0.15, 0.2) is 10.8 Å². The van der Waals surface area contributed by atoms with Crippen molar-refractivity contribution in [2.24, 2.45) is 4.99 Å². The van der Waals surface area contributed by atoms with Crippen LogP contribution in [0.25, 0.3) is 0 Å². The molecule has 9 nitrogen and oxygen atoms in total. The summed E-state index contributed by atoms with van der Waals surface area (Å²) in [5, 5.41) is 15.2. The molecular formula is C23H24ClFN4O5S. The molecule has 2 aliphatic heterocycles. The molecule has 3 atom stereocenters. The zero-order valence-electron chi connectivity index (χ0n) is 19.0. The van der Waals surface area contributed by atoms with Crippen LogP contribution in [0.15, 0.2) is 46.0 Å². The number of aliphatic carboxylic acids is 1. The number of carboxylic acids is 1. The Bertz CT molecular complexity index is 1170. The van der Waals surface area contributed by atoms with Gasteiger partial charge in [0.25, 0.3) is 0 Å². The Morgan fingerprint density at radius 1 is 1.43 bits per heavy atom. The van der Waals surface area contributed by atoms with Crippen molar-refractivity contribution in [3.05, 3.63) is 62.5 Å². The smallest absolute Gasteiger partial charge is 0.338 e. The van der Waals surface area contributed by atoms with Gasteiger partial charge in [-0.3, -0.25) is 14.7 Å². The van der Waals surface area contributed by atoms with Gasteiger partial charge < -0.3 is 19.9 Å². The lowest BCUT2D eigenvalue weighted by Crippen LogP contribution is -2.56. The van der Waals surface area contributed by atoms with Crippen LogP contribution in [0, 0.1) is 5.82 Å². The van der Waals surface area contributed by atoms with E-state index in [9.17, 15) is 19.1 Å². The minimum atomic E-state index is -1.04. The third-order valence-corrected chi connectivity index (χ3v) is 6.92. The number of rotatable bonds is 7. The number of hydrogen-bond acceptors (Lipinski definition) is 9. The lowest BCUT2D eigenvalue weighted by atomic mass is 9.94. The quantitative estimate of drug-likeness (QED) is 0.533. The van der Waals surface area contributed by atoms with Gasteiger partial charge in [-0.15, -0.1) is 11.3 Å². The Kier molecular flexibility index (Phi) is 7.80. The molecule has 4 rings (SSSR count). The van der Waals surface area contributed by atoms with Crippen LogP contribution >= 0.6 is 22.9 Å². The van der Waals surface area contributed by atoms with Gasteiger partial charge in [-0.1, -0.05) is 23.7 Å². The number of morpholine rings is 1. The van der Waals surface area contributed by atoms with Gasteiger partial charge in [0.05, 0.1) is 29.9 Å². The summed E-state index contributed by atoms with van der Waals surface area (Å²) in [7, 11) is 0. The number of carbonyl (C=O) groups excluding carboxylic acids is 1. The highest BCUT2D eigenvalue weighted by molar-refractivity contribution is 7.11. The van der Waals surface area contributed by atoms with Crippen molar-refractivity contribution < 1.29 is 28.6 Å². The van der Waals surface area contributed by atoms with Crippen LogP contribution in [0.1, 0.15) is 30.5 Å². The molecule has 0 spiro atoms. The number of halogens is 2. The maximum absolute atomic E-state index is 14.4. The first-order valence-corrected chi connectivity index (χ1v) is 12.2. The molecule has 0 radical (unpaired) electrons. The van der Waals surface area contributed by atoms with E-state index < -0.39 is 35.9 Å². The highest BCUT2D eigenvalue weighted by Gasteiger charge is 2.39. The van der Waals surface area contributed by atoms with E-state index in [4.69, 9.17) is 21.1 Å². The number of amidine groups is 1. The molecule has 2 aliphatic rings. The Morgan fingerprint density at radius 3 is 2.91 bits per heavy atom. The maximum Gasteiger partial charge on any atom is 0.338 e. The number of thiazole rings is 1. The highest BCUT2D eigenvalue weighted by atomic mass is 35.5. The average molecular weight is 523 g/mol. The SMILES string of the molecule is CCOC(=O)C1=C(CN2CCO[C@H](C)[C@H]2C(=O)O)NC(c2nccs2)=N[C@H]1c1cccc(F)c1Cl. The lowest BCUT2D eigenvalue weighted by Gasteiger charge is -2.38. The molecule has 0 saturated carbocycles. The van der Waals surface area contributed by atoms with Gasteiger partial charge in [-0.2, -0.15) is 0 Å². The molecule has 12 heteroatoms. The zero-order chi connectivity index (χ0) is 25.1. The molecule has 1 aromatic carbocycles. The third-order valence-electron chi connectivity index (χ3n) is 5.74. The molecule has 0 bridgehead atoms. The molecule has 0 unspecified atom stereocenters. The minimum absolute atomic E-state index is 0.0621. The van der Waals surface area contributed by atoms with Crippen molar-refractivity contribution >= 4 is 40.7 Å². The topological polar surface area (TPSA) is 113 Å². The summed E-state index contributed by atoms with van der Waals surface area (Å²) >= 11 is 7.64. The van der Waals surface area contributed by atoms with E-state index in [0.717, 1.165) is 0 Å². The number of benzene rings is 1. The van der Waals surface area contributed by atoms with Gasteiger partial charge in [0, 0.05) is 35.9 Å². The summed E-state index contributed by atoms with van der Waals surface area (Å²) in [6.45, 7) is 4.20. The van der Waals surface area contributed by atoms with E-state index in [1.807, 2.05) is 0 Å². The van der Waals surface area contributed by atoms with Crippen LogP contribution in [-0.4, -0.2) is 71.2 Å². The molecule has 2 aromatic rings. The van der Waals surface area contributed by atoms with Gasteiger partial charge in [-0.05, 0) is 19.9 Å². The fourth-order valence-electron chi connectivity index (χ4n) is 4.20. The van der Waals surface area contributed by atoms with E-state index in [-0.39, 0.29) is 29.3 Å². The van der Waals surface area contributed by atoms with E-state index in [2.05, 4.69) is 15.3 Å². The number of nitrogens with one attached hydrogen (secondary N) is 1. The van der Waals surface area contributed by atoms with Crippen molar-refractivity contribution in [2.45, 2.75) is 32.0 Å². The number of ether oxygens (including phenoxy) is 2. The third kappa shape index (κ3) is 5.22. The number of aromatic nitrogens is 1. The molecular weight excluding hydrogens is 499 g/mol. The maximum atomic E-state index is 14.4. The molecule has 186 valence electrons. The number of nitrogens with zero attached hydrogens (tertiary/aromatic N) is 3. The Hall–Kier alpha value is -2.86. The second-order valence-electron chi connectivity index (χ2n) is 7.93. The van der Waals surface area contributed by atoms with Crippen LogP contribution in [0.2, 0.25) is 5.02 Å². The monoisotopic (exact) mass is 522 g/mol. The highest BCUT2D eigenvalue weighted by Crippen LogP contribution is 2.37. The summed E-state index contributed by atoms with van der Waals surface area (Å²) in [4.78, 5) is 35.9. The van der Waals surface area contributed by atoms with Crippen molar-refractivity contribution in [1.29, 1.82) is 0 Å². The standard InChI is InChI=1S/C23H24ClFN4O5S/c1-3-33-23(32)16-15(11-29-8-9-34-12(2)19(29)22(30)31)27-20(21-26-7-10-35-21)28-18(16)13-5-4-6-14(25)17(13)24/h4-7,10,12,18-19H,3,8-9,11H2,1-2H3,(H,27,28)(H,30,31)/t12-,18+,19+/m1/s1. The number of carbonyl (C=O) groups is 2. The summed E-state index contributed by atoms with van der Waals surface area (Å²) in [6, 6.07) is 2.38. The van der Waals surface area contributed by atoms with Gasteiger partial charge in [0.1, 0.15) is 17.9 Å². The fourth-order valence-corrected chi connectivity index (χ4v) is 5.01. The number of hydrogen-bond donors (Lipinski definition) is 2. The summed E-state index contributed by atoms with van der Waals surface area (Å²) in [5.74, 6) is -1.98. The normalized spacial score (nSPS) is 23.0. The zero-order valence-corrected chi connectivity index (χ0v) is 20.6. The first-order chi connectivity index (χ1) is 16.8. The number of esters is 1. The Labute approximate surface area is 210 Å². The fraction of sp³-hybridized carbons (Fsp3) is 0.391. The van der Waals surface area contributed by atoms with E-state index in [1.54, 1.807) is 36.4 Å². The Balaban J connectivity index is 1.85. The van der Waals surface area contributed by atoms with Crippen LogP contribution in [0.5, 0.6) is 0 Å². The van der Waals surface area contributed by atoms with Crippen LogP contribution in [0.4, 0.5) is 4.39 Å². The van der Waals surface area contributed by atoms with Crippen molar-refractivity contribution in [3.8, 4) is 0 Å². The second kappa shape index (κ2) is 10.8. The molecule has 1 fully saturated rings. The van der Waals surface area contributed by atoms with Crippen molar-refractivity contribution in [3.63, 3.8) is 0 Å². The first-order valence-electron chi connectivity index (χ1n) is 11.0. The van der Waals surface area contributed by atoms with Crippen LogP contribution < -0.4 is 5.32 Å². The van der Waals surface area contributed by atoms with Crippen LogP contribution in [0.3, 0.4) is 0 Å². The molecule has 2 N–H and O–H groups in total. The Morgan fingerprint density at radius 2 is 2.23 bits per heavy atom. The largest absolute Gasteiger partial charge is 0.480 e. The molecule has 1 saturated heterocycles. The molecule has 0 aliphatic carbocycles. The molecule has 3 heterocycles. The number of aliphatic imine (C=N–C) groups is 1. The molecule has 35 heavy (non-hydrogen) atoms. The van der Waals surface area contributed by atoms with E-state index in [1.165, 1.54) is 23.5 Å². The summed E-state index contributed by atoms with van der Waals surface area (Å²) in [5.41, 5.74) is 0.796. The van der Waals surface area contributed by atoms with Crippen molar-refractivity contribution in [1.82, 2.24) is 15.2 Å². The predicted molar refractivity (Wildman–Crippen MR) is 128 cm³/mol. The molecule has 0 amide bonds. The minimum Gasteiger partial charge on any atom is -0.480 e. The lowest BCUT2D eigenvalue weighted by molar-refractivity contribution is -0.155. The molecule has 1 aromatic heterocycles. The van der Waals surface area contributed by atoms with E-state index >= 15 is 0 Å². The van der Waals surface area contributed by atoms with Crippen molar-refractivity contribution in [2.75, 3.05) is 26.3 Å². The first kappa shape index (κ1) is 25.2. The van der Waals surface area contributed by atoms with Crippen LogP contribution in [-0.2, 0) is 19.1 Å².